The van der Waals surface area contributed by atoms with Crippen molar-refractivity contribution < 1.29 is 9.21 Å². The highest BCUT2D eigenvalue weighted by atomic mass is 32.2. The van der Waals surface area contributed by atoms with Crippen LogP contribution in [-0.4, -0.2) is 34.2 Å². The van der Waals surface area contributed by atoms with Crippen LogP contribution in [0.2, 0.25) is 0 Å². The van der Waals surface area contributed by atoms with Crippen molar-refractivity contribution in [2.24, 2.45) is 5.92 Å². The van der Waals surface area contributed by atoms with Crippen LogP contribution in [0, 0.1) is 5.92 Å². The highest BCUT2D eigenvalue weighted by molar-refractivity contribution is 7.99. The number of amides is 1. The van der Waals surface area contributed by atoms with Crippen molar-refractivity contribution in [2.75, 3.05) is 12.0 Å². The molecule has 0 radical (unpaired) electrons. The number of hydrogen-bond donors (Lipinski definition) is 1. The van der Waals surface area contributed by atoms with Crippen LogP contribution in [0.15, 0.2) is 9.64 Å². The van der Waals surface area contributed by atoms with Gasteiger partial charge in [-0.1, -0.05) is 25.6 Å². The standard InChI is InChI=1S/C11H19N3O2S2/c1-7(2)8(3)12-9(15)5-18-11-14-13-10(16-11)6-17-4/h7-8H,5-6H2,1-4H3,(H,12,15). The Kier molecular flexibility index (Phi) is 6.56. The van der Waals surface area contributed by atoms with Crippen molar-refractivity contribution in [3.05, 3.63) is 5.89 Å². The van der Waals surface area contributed by atoms with Gasteiger partial charge in [0.1, 0.15) is 0 Å². The summed E-state index contributed by atoms with van der Waals surface area (Å²) in [4.78, 5) is 11.6. The molecule has 1 heterocycles. The van der Waals surface area contributed by atoms with Gasteiger partial charge in [-0.25, -0.2) is 0 Å². The third-order valence-corrected chi connectivity index (χ3v) is 3.79. The first-order valence-corrected chi connectivity index (χ1v) is 8.14. The summed E-state index contributed by atoms with van der Waals surface area (Å²) >= 11 is 2.89. The first-order valence-electron chi connectivity index (χ1n) is 5.76. The summed E-state index contributed by atoms with van der Waals surface area (Å²) in [6, 6.07) is 0.174. The Balaban J connectivity index is 2.33. The molecule has 102 valence electrons. The molecule has 1 N–H and O–H groups in total. The molecule has 0 saturated carbocycles. The smallest absolute Gasteiger partial charge is 0.277 e. The summed E-state index contributed by atoms with van der Waals surface area (Å²) in [7, 11) is 0. The highest BCUT2D eigenvalue weighted by Crippen LogP contribution is 2.17. The second-order valence-electron chi connectivity index (χ2n) is 4.28. The number of carbonyl (C=O) groups excluding carboxylic acids is 1. The van der Waals surface area contributed by atoms with Gasteiger partial charge in [0.2, 0.25) is 11.8 Å². The monoisotopic (exact) mass is 289 g/mol. The number of carbonyl (C=O) groups is 1. The van der Waals surface area contributed by atoms with E-state index in [0.29, 0.717) is 28.5 Å². The molecule has 0 bridgehead atoms. The predicted octanol–water partition coefficient (Wildman–Crippen LogP) is 2.19. The van der Waals surface area contributed by atoms with Gasteiger partial charge in [0, 0.05) is 6.04 Å². The normalized spacial score (nSPS) is 12.7. The molecule has 1 atom stereocenters. The molecule has 1 unspecified atom stereocenters. The molecule has 1 amide bonds. The second-order valence-corrected chi connectivity index (χ2v) is 6.08. The summed E-state index contributed by atoms with van der Waals surface area (Å²) in [5.74, 6) is 2.02. The maximum Gasteiger partial charge on any atom is 0.277 e. The Hall–Kier alpha value is -0.690. The Morgan fingerprint density at radius 1 is 1.39 bits per heavy atom. The van der Waals surface area contributed by atoms with Crippen molar-refractivity contribution in [2.45, 2.75) is 37.8 Å². The van der Waals surface area contributed by atoms with Gasteiger partial charge in [-0.05, 0) is 19.1 Å². The molecule has 0 spiro atoms. The molecule has 5 nitrogen and oxygen atoms in total. The van der Waals surface area contributed by atoms with Crippen molar-refractivity contribution in [1.82, 2.24) is 15.5 Å². The molecule has 1 aromatic heterocycles. The Morgan fingerprint density at radius 2 is 2.11 bits per heavy atom. The zero-order valence-electron chi connectivity index (χ0n) is 11.1. The Bertz CT molecular complexity index is 382. The molecule has 0 saturated heterocycles. The van der Waals surface area contributed by atoms with Crippen molar-refractivity contribution in [1.29, 1.82) is 0 Å². The quantitative estimate of drug-likeness (QED) is 0.776. The van der Waals surface area contributed by atoms with Crippen LogP contribution in [0.1, 0.15) is 26.7 Å². The lowest BCUT2D eigenvalue weighted by atomic mass is 10.1. The summed E-state index contributed by atoms with van der Waals surface area (Å²) in [5.41, 5.74) is 0. The van der Waals surface area contributed by atoms with Crippen LogP contribution in [0.4, 0.5) is 0 Å². The number of thioether (sulfide) groups is 2. The Morgan fingerprint density at radius 3 is 2.72 bits per heavy atom. The molecule has 0 aliphatic carbocycles. The van der Waals surface area contributed by atoms with E-state index < -0.39 is 0 Å². The van der Waals surface area contributed by atoms with Crippen molar-refractivity contribution in [3.63, 3.8) is 0 Å². The van der Waals surface area contributed by atoms with E-state index in [4.69, 9.17) is 4.42 Å². The minimum atomic E-state index is -0.00850. The first-order chi connectivity index (χ1) is 8.52. The maximum atomic E-state index is 11.6. The zero-order chi connectivity index (χ0) is 13.5. The van der Waals surface area contributed by atoms with Crippen LogP contribution in [0.25, 0.3) is 0 Å². The van der Waals surface area contributed by atoms with Crippen molar-refractivity contribution >= 4 is 29.4 Å². The molecular formula is C11H19N3O2S2. The van der Waals surface area contributed by atoms with E-state index in [9.17, 15) is 4.79 Å². The van der Waals surface area contributed by atoms with Gasteiger partial charge in [0.25, 0.3) is 5.22 Å². The Labute approximate surface area is 116 Å². The van der Waals surface area contributed by atoms with Crippen LogP contribution >= 0.6 is 23.5 Å². The first kappa shape index (κ1) is 15.4. The number of hydrogen-bond acceptors (Lipinski definition) is 6. The van der Waals surface area contributed by atoms with E-state index in [1.807, 2.05) is 13.2 Å². The fourth-order valence-corrected chi connectivity index (χ4v) is 2.02. The molecule has 1 aromatic rings. The number of nitrogens with one attached hydrogen (secondary N) is 1. The van der Waals surface area contributed by atoms with E-state index in [2.05, 4.69) is 29.4 Å². The fourth-order valence-electron chi connectivity index (χ4n) is 1.07. The van der Waals surface area contributed by atoms with Crippen LogP contribution < -0.4 is 5.32 Å². The lowest BCUT2D eigenvalue weighted by Crippen LogP contribution is -2.37. The van der Waals surface area contributed by atoms with Crippen molar-refractivity contribution in [3.8, 4) is 0 Å². The van der Waals surface area contributed by atoms with E-state index >= 15 is 0 Å². The number of aromatic nitrogens is 2. The minimum absolute atomic E-state index is 0.00850. The van der Waals surface area contributed by atoms with Gasteiger partial charge in [-0.15, -0.1) is 10.2 Å². The molecule has 1 rings (SSSR count). The summed E-state index contributed by atoms with van der Waals surface area (Å²) in [6.45, 7) is 6.14. The lowest BCUT2D eigenvalue weighted by molar-refractivity contribution is -0.119. The maximum absolute atomic E-state index is 11.6. The van der Waals surface area contributed by atoms with Crippen LogP contribution in [0.5, 0.6) is 0 Å². The van der Waals surface area contributed by atoms with E-state index in [0.717, 1.165) is 0 Å². The highest BCUT2D eigenvalue weighted by Gasteiger charge is 2.13. The predicted molar refractivity (Wildman–Crippen MR) is 74.7 cm³/mol. The molecule has 7 heteroatoms. The average Bonchev–Trinajstić information content (AvgIpc) is 2.74. The summed E-state index contributed by atoms with van der Waals surface area (Å²) in [6.07, 6.45) is 1.97. The number of nitrogens with zero attached hydrogens (tertiary/aromatic N) is 2. The topological polar surface area (TPSA) is 68.0 Å². The zero-order valence-corrected chi connectivity index (χ0v) is 12.7. The van der Waals surface area contributed by atoms with E-state index in [-0.39, 0.29) is 11.9 Å². The molecule has 18 heavy (non-hydrogen) atoms. The van der Waals surface area contributed by atoms with Crippen LogP contribution in [0.3, 0.4) is 0 Å². The summed E-state index contributed by atoms with van der Waals surface area (Å²) in [5, 5.41) is 11.1. The van der Waals surface area contributed by atoms with Gasteiger partial charge in [-0.3, -0.25) is 4.79 Å². The summed E-state index contributed by atoms with van der Waals surface area (Å²) < 4.78 is 5.37. The molecule has 0 aromatic carbocycles. The largest absolute Gasteiger partial charge is 0.415 e. The molecule has 0 aliphatic rings. The molecular weight excluding hydrogens is 270 g/mol. The van der Waals surface area contributed by atoms with E-state index in [1.54, 1.807) is 11.8 Å². The second kappa shape index (κ2) is 7.68. The third-order valence-electron chi connectivity index (χ3n) is 2.43. The van der Waals surface area contributed by atoms with Gasteiger partial charge >= 0.3 is 0 Å². The minimum Gasteiger partial charge on any atom is -0.415 e. The molecule has 0 aliphatic heterocycles. The lowest BCUT2D eigenvalue weighted by Gasteiger charge is -2.16. The third kappa shape index (κ3) is 5.30. The van der Waals surface area contributed by atoms with E-state index in [1.165, 1.54) is 11.8 Å². The number of rotatable bonds is 7. The van der Waals surface area contributed by atoms with Gasteiger partial charge < -0.3 is 9.73 Å². The SMILES string of the molecule is CSCc1nnc(SCC(=O)NC(C)C(C)C)o1. The molecule has 0 fully saturated rings. The average molecular weight is 289 g/mol. The van der Waals surface area contributed by atoms with Crippen LogP contribution in [-0.2, 0) is 10.5 Å². The van der Waals surface area contributed by atoms with Gasteiger partial charge in [0.15, 0.2) is 0 Å². The van der Waals surface area contributed by atoms with Gasteiger partial charge in [-0.2, -0.15) is 11.8 Å². The van der Waals surface area contributed by atoms with Gasteiger partial charge in [0.05, 0.1) is 11.5 Å². The fraction of sp³-hybridized carbons (Fsp3) is 0.727.